The smallest absolute Gasteiger partial charge is 0.225 e. The zero-order chi connectivity index (χ0) is 24.8. The van der Waals surface area contributed by atoms with Crippen molar-refractivity contribution in [1.82, 2.24) is 9.88 Å². The number of hydrogen-bond acceptors (Lipinski definition) is 6. The van der Waals surface area contributed by atoms with Crippen LogP contribution in [0.1, 0.15) is 45.7 Å². The maximum atomic E-state index is 12.8. The molecular formula is C27H28N4O3S. The van der Waals surface area contributed by atoms with Gasteiger partial charge in [0, 0.05) is 36.2 Å². The Morgan fingerprint density at radius 2 is 2.09 bits per heavy atom. The molecule has 0 spiro atoms. The highest BCUT2D eigenvalue weighted by Crippen LogP contribution is 2.37. The minimum absolute atomic E-state index is 0.0749. The molecule has 3 aromatic rings. The molecule has 0 radical (unpaired) electrons. The third kappa shape index (κ3) is 5.87. The van der Waals surface area contributed by atoms with Gasteiger partial charge in [0.15, 0.2) is 0 Å². The van der Waals surface area contributed by atoms with E-state index in [4.69, 9.17) is 4.74 Å². The number of rotatable bonds is 8. The van der Waals surface area contributed by atoms with Gasteiger partial charge in [0.05, 0.1) is 19.2 Å². The fourth-order valence-corrected chi connectivity index (χ4v) is 5.53. The summed E-state index contributed by atoms with van der Waals surface area (Å²) in [5.74, 6) is 0.693. The number of nitriles is 1. The van der Waals surface area contributed by atoms with Gasteiger partial charge in [0.25, 0.3) is 0 Å². The Kier molecular flexibility index (Phi) is 7.78. The summed E-state index contributed by atoms with van der Waals surface area (Å²) < 4.78 is 5.41. The summed E-state index contributed by atoms with van der Waals surface area (Å²) >= 11 is 1.40. The Morgan fingerprint density at radius 3 is 2.83 bits per heavy atom. The van der Waals surface area contributed by atoms with Crippen molar-refractivity contribution < 1.29 is 14.3 Å². The molecule has 1 aliphatic heterocycles. The van der Waals surface area contributed by atoms with Gasteiger partial charge in [-0.05, 0) is 55.5 Å². The first kappa shape index (κ1) is 24.4. The third-order valence-electron chi connectivity index (χ3n) is 6.15. The Balaban J connectivity index is 1.38. The molecule has 8 heteroatoms. The van der Waals surface area contributed by atoms with E-state index in [-0.39, 0.29) is 18.2 Å². The molecule has 0 saturated heterocycles. The Bertz CT molecular complexity index is 1260. The van der Waals surface area contributed by atoms with Crippen LogP contribution in [0.15, 0.2) is 42.6 Å². The van der Waals surface area contributed by atoms with E-state index in [0.717, 1.165) is 33.0 Å². The van der Waals surface area contributed by atoms with Crippen molar-refractivity contribution in [3.8, 4) is 11.8 Å². The number of aromatic nitrogens is 1. The summed E-state index contributed by atoms with van der Waals surface area (Å²) in [4.78, 5) is 32.6. The number of ether oxygens (including phenoxy) is 1. The van der Waals surface area contributed by atoms with Crippen LogP contribution in [0.3, 0.4) is 0 Å². The number of nitrogens with zero attached hydrogens (tertiary/aromatic N) is 3. The highest BCUT2D eigenvalue weighted by Gasteiger charge is 2.27. The number of carbonyl (C=O) groups excluding carboxylic acids is 2. The van der Waals surface area contributed by atoms with Crippen LogP contribution in [0.4, 0.5) is 5.00 Å². The monoisotopic (exact) mass is 488 g/mol. The lowest BCUT2D eigenvalue weighted by molar-refractivity contribution is -0.132. The topological polar surface area (TPSA) is 95.3 Å². The van der Waals surface area contributed by atoms with E-state index in [1.165, 1.54) is 11.3 Å². The molecule has 3 heterocycles. The van der Waals surface area contributed by atoms with Gasteiger partial charge in [-0.1, -0.05) is 23.8 Å². The first-order chi connectivity index (χ1) is 17.0. The largest absolute Gasteiger partial charge is 0.496 e. The number of carbonyl (C=O) groups is 2. The van der Waals surface area contributed by atoms with Crippen molar-refractivity contribution in [2.45, 2.75) is 45.6 Å². The Hall–Kier alpha value is -3.70. The normalized spacial score (nSPS) is 12.5. The molecule has 7 nitrogen and oxygen atoms in total. The SMILES string of the molecule is COc1ccc(C)cc1CCC(=O)Nc1sc2c(c1C#N)CCN(C(=O)CCc1ccccn1)C2. The zero-order valence-electron chi connectivity index (χ0n) is 20.0. The molecule has 0 fully saturated rings. The lowest BCUT2D eigenvalue weighted by atomic mass is 10.0. The lowest BCUT2D eigenvalue weighted by Crippen LogP contribution is -2.35. The maximum Gasteiger partial charge on any atom is 0.225 e. The number of pyridine rings is 1. The van der Waals surface area contributed by atoms with Gasteiger partial charge in [-0.25, -0.2) is 0 Å². The molecule has 4 rings (SSSR count). The summed E-state index contributed by atoms with van der Waals surface area (Å²) in [6.45, 7) is 3.04. The predicted molar refractivity (Wildman–Crippen MR) is 135 cm³/mol. The molecule has 0 bridgehead atoms. The second-order valence-corrected chi connectivity index (χ2v) is 9.67. The van der Waals surface area contributed by atoms with Gasteiger partial charge in [-0.15, -0.1) is 11.3 Å². The van der Waals surface area contributed by atoms with Crippen molar-refractivity contribution in [2.24, 2.45) is 0 Å². The first-order valence-electron chi connectivity index (χ1n) is 11.6. The van der Waals surface area contributed by atoms with Gasteiger partial charge in [-0.3, -0.25) is 14.6 Å². The minimum atomic E-state index is -0.146. The molecule has 1 N–H and O–H groups in total. The summed E-state index contributed by atoms with van der Waals surface area (Å²) in [6.07, 6.45) is 4.17. The molecule has 35 heavy (non-hydrogen) atoms. The van der Waals surface area contributed by atoms with Crippen LogP contribution < -0.4 is 10.1 Å². The van der Waals surface area contributed by atoms with E-state index in [9.17, 15) is 14.9 Å². The van der Waals surface area contributed by atoms with Crippen LogP contribution in [-0.4, -0.2) is 35.4 Å². The Labute approximate surface area is 209 Å². The number of methoxy groups -OCH3 is 1. The predicted octanol–water partition coefficient (Wildman–Crippen LogP) is 4.42. The van der Waals surface area contributed by atoms with Crippen LogP contribution in [0.25, 0.3) is 0 Å². The van der Waals surface area contributed by atoms with E-state index in [1.807, 2.05) is 48.2 Å². The Morgan fingerprint density at radius 1 is 1.23 bits per heavy atom. The fraction of sp³-hybridized carbons (Fsp3) is 0.333. The van der Waals surface area contributed by atoms with Crippen LogP contribution in [0.5, 0.6) is 5.75 Å². The van der Waals surface area contributed by atoms with Crippen molar-refractivity contribution in [3.05, 3.63) is 75.4 Å². The highest BCUT2D eigenvalue weighted by molar-refractivity contribution is 7.16. The molecule has 1 aliphatic rings. The molecule has 0 aliphatic carbocycles. The first-order valence-corrected chi connectivity index (χ1v) is 12.5. The van der Waals surface area contributed by atoms with E-state index in [1.54, 1.807) is 13.3 Å². The molecule has 0 atom stereocenters. The van der Waals surface area contributed by atoms with E-state index in [2.05, 4.69) is 16.4 Å². The number of amides is 2. The van der Waals surface area contributed by atoms with Gasteiger partial charge >= 0.3 is 0 Å². The van der Waals surface area contributed by atoms with Crippen LogP contribution in [0, 0.1) is 18.3 Å². The van der Waals surface area contributed by atoms with Crippen LogP contribution in [-0.2, 0) is 35.4 Å². The zero-order valence-corrected chi connectivity index (χ0v) is 20.8. The number of aryl methyl sites for hydroxylation is 3. The second kappa shape index (κ2) is 11.2. The fourth-order valence-electron chi connectivity index (χ4n) is 4.30. The summed E-state index contributed by atoms with van der Waals surface area (Å²) in [5.41, 5.74) is 4.45. The average Bonchev–Trinajstić information content (AvgIpc) is 3.22. The van der Waals surface area contributed by atoms with E-state index in [0.29, 0.717) is 49.3 Å². The number of hydrogen-bond donors (Lipinski definition) is 1. The lowest BCUT2D eigenvalue weighted by Gasteiger charge is -2.27. The number of fused-ring (bicyclic) bond motifs is 1. The van der Waals surface area contributed by atoms with Crippen molar-refractivity contribution in [1.29, 1.82) is 5.26 Å². The highest BCUT2D eigenvalue weighted by atomic mass is 32.1. The summed E-state index contributed by atoms with van der Waals surface area (Å²) in [6, 6.07) is 13.9. The number of thiophene rings is 1. The van der Waals surface area contributed by atoms with E-state index >= 15 is 0 Å². The molecule has 180 valence electrons. The maximum absolute atomic E-state index is 12.8. The van der Waals surface area contributed by atoms with Gasteiger partial charge in [0.1, 0.15) is 16.8 Å². The summed E-state index contributed by atoms with van der Waals surface area (Å²) in [5, 5.41) is 13.3. The third-order valence-corrected chi connectivity index (χ3v) is 7.29. The molecule has 0 unspecified atom stereocenters. The van der Waals surface area contributed by atoms with Gasteiger partial charge in [-0.2, -0.15) is 5.26 Å². The average molecular weight is 489 g/mol. The number of anilines is 1. The molecule has 2 amide bonds. The quantitative estimate of drug-likeness (QED) is 0.506. The van der Waals surface area contributed by atoms with Crippen molar-refractivity contribution in [3.63, 3.8) is 0 Å². The summed E-state index contributed by atoms with van der Waals surface area (Å²) in [7, 11) is 1.62. The molecule has 2 aromatic heterocycles. The standard InChI is InChI=1S/C27H28N4O3S/c1-18-6-9-23(34-2)19(15-18)7-10-25(32)30-27-22(16-28)21-12-14-31(17-24(21)35-27)26(33)11-8-20-5-3-4-13-29-20/h3-6,9,13,15H,7-8,10-12,14,17H2,1-2H3,(H,30,32). The number of benzene rings is 1. The number of nitrogens with one attached hydrogen (secondary N) is 1. The van der Waals surface area contributed by atoms with Gasteiger partial charge < -0.3 is 15.0 Å². The van der Waals surface area contributed by atoms with E-state index < -0.39 is 0 Å². The minimum Gasteiger partial charge on any atom is -0.496 e. The van der Waals surface area contributed by atoms with Crippen molar-refractivity contribution in [2.75, 3.05) is 19.0 Å². The van der Waals surface area contributed by atoms with Crippen LogP contribution >= 0.6 is 11.3 Å². The second-order valence-electron chi connectivity index (χ2n) is 8.57. The molecular weight excluding hydrogens is 460 g/mol. The molecule has 0 saturated carbocycles. The van der Waals surface area contributed by atoms with Crippen LogP contribution in [0.2, 0.25) is 0 Å². The molecule has 1 aromatic carbocycles. The van der Waals surface area contributed by atoms with Crippen molar-refractivity contribution >= 4 is 28.2 Å². The van der Waals surface area contributed by atoms with Gasteiger partial charge in [0.2, 0.25) is 11.8 Å².